The number of pyridine rings is 1. The predicted octanol–water partition coefficient (Wildman–Crippen LogP) is 3.81. The van der Waals surface area contributed by atoms with Crippen LogP contribution in [-0.2, 0) is 9.53 Å². The minimum atomic E-state index is -0.951. The van der Waals surface area contributed by atoms with Crippen LogP contribution in [0.25, 0.3) is 22.4 Å². The molecule has 2 aromatic heterocycles. The van der Waals surface area contributed by atoms with Gasteiger partial charge in [-0.25, -0.2) is 9.78 Å². The summed E-state index contributed by atoms with van der Waals surface area (Å²) >= 11 is 0. The summed E-state index contributed by atoms with van der Waals surface area (Å²) in [7, 11) is 0. The standard InChI is InChI=1S/C22H18N4O3/c1-14(21(27)24-17-9-11-23-12-10-17)29-22(28)16-7-8-18-19(13-16)26-20(25-18)15-5-3-2-4-6-15/h2-14H,1H3,(H,25,26)(H,23,24,27). The molecule has 4 rings (SSSR count). The number of carbonyl (C=O) groups is 2. The zero-order valence-electron chi connectivity index (χ0n) is 15.6. The molecule has 2 aromatic carbocycles. The number of imidazole rings is 1. The molecule has 2 N–H and O–H groups in total. The molecule has 1 unspecified atom stereocenters. The van der Waals surface area contributed by atoms with Gasteiger partial charge in [0.25, 0.3) is 5.91 Å². The van der Waals surface area contributed by atoms with E-state index in [0.29, 0.717) is 16.8 Å². The fraction of sp³-hybridized carbons (Fsp3) is 0.0909. The average Bonchev–Trinajstić information content (AvgIpc) is 3.18. The van der Waals surface area contributed by atoms with E-state index in [-0.39, 0.29) is 0 Å². The molecule has 0 saturated heterocycles. The van der Waals surface area contributed by atoms with Gasteiger partial charge in [-0.05, 0) is 37.3 Å². The molecular formula is C22H18N4O3. The van der Waals surface area contributed by atoms with Crippen LogP contribution >= 0.6 is 0 Å². The molecule has 0 aliphatic carbocycles. The molecule has 0 saturated carbocycles. The van der Waals surface area contributed by atoms with Crippen LogP contribution in [0.2, 0.25) is 0 Å². The van der Waals surface area contributed by atoms with E-state index in [1.165, 1.54) is 6.92 Å². The summed E-state index contributed by atoms with van der Waals surface area (Å²) in [6, 6.07) is 18.1. The number of carbonyl (C=O) groups excluding carboxylic acids is 2. The Labute approximate surface area is 166 Å². The smallest absolute Gasteiger partial charge is 0.338 e. The molecule has 7 nitrogen and oxygen atoms in total. The summed E-state index contributed by atoms with van der Waals surface area (Å²) in [5, 5.41) is 2.68. The van der Waals surface area contributed by atoms with Crippen molar-refractivity contribution in [3.05, 3.63) is 78.6 Å². The second-order valence-electron chi connectivity index (χ2n) is 6.46. The molecule has 0 spiro atoms. The Morgan fingerprint density at radius 2 is 1.79 bits per heavy atom. The monoisotopic (exact) mass is 386 g/mol. The maximum atomic E-state index is 12.5. The van der Waals surface area contributed by atoms with E-state index in [9.17, 15) is 9.59 Å². The lowest BCUT2D eigenvalue weighted by Crippen LogP contribution is -2.30. The fourth-order valence-corrected chi connectivity index (χ4v) is 2.83. The lowest BCUT2D eigenvalue weighted by Gasteiger charge is -2.13. The number of benzene rings is 2. The Balaban J connectivity index is 1.47. The molecule has 1 amide bonds. The highest BCUT2D eigenvalue weighted by molar-refractivity contribution is 5.98. The number of aromatic amines is 1. The quantitative estimate of drug-likeness (QED) is 0.509. The van der Waals surface area contributed by atoms with Gasteiger partial charge in [-0.15, -0.1) is 0 Å². The van der Waals surface area contributed by atoms with Crippen LogP contribution in [0.4, 0.5) is 5.69 Å². The van der Waals surface area contributed by atoms with Crippen LogP contribution in [0.3, 0.4) is 0 Å². The molecule has 144 valence electrons. The first-order chi connectivity index (χ1) is 14.1. The maximum Gasteiger partial charge on any atom is 0.338 e. The van der Waals surface area contributed by atoms with Crippen LogP contribution in [0.5, 0.6) is 0 Å². The van der Waals surface area contributed by atoms with Crippen LogP contribution < -0.4 is 5.32 Å². The number of anilines is 1. The summed E-state index contributed by atoms with van der Waals surface area (Å²) in [5.74, 6) is -0.283. The Hall–Kier alpha value is -4.00. The third-order valence-electron chi connectivity index (χ3n) is 4.37. The van der Waals surface area contributed by atoms with E-state index in [1.807, 2.05) is 30.3 Å². The molecule has 1 atom stereocenters. The molecule has 29 heavy (non-hydrogen) atoms. The van der Waals surface area contributed by atoms with Gasteiger partial charge in [-0.3, -0.25) is 9.78 Å². The average molecular weight is 386 g/mol. The molecule has 0 radical (unpaired) electrons. The number of rotatable bonds is 5. The van der Waals surface area contributed by atoms with Crippen LogP contribution in [0.1, 0.15) is 17.3 Å². The van der Waals surface area contributed by atoms with Crippen molar-refractivity contribution in [3.63, 3.8) is 0 Å². The number of H-pyrrole nitrogens is 1. The molecule has 0 bridgehead atoms. The second kappa shape index (κ2) is 7.93. The number of nitrogens with zero attached hydrogens (tertiary/aromatic N) is 2. The van der Waals surface area contributed by atoms with Gasteiger partial charge in [0.05, 0.1) is 16.6 Å². The Morgan fingerprint density at radius 1 is 1.03 bits per heavy atom. The summed E-state index contributed by atoms with van der Waals surface area (Å²) in [5.41, 5.74) is 3.33. The largest absolute Gasteiger partial charge is 0.449 e. The molecule has 0 fully saturated rings. The SMILES string of the molecule is CC(OC(=O)c1ccc2nc(-c3ccccc3)[nH]c2c1)C(=O)Nc1ccncc1. The molecular weight excluding hydrogens is 368 g/mol. The summed E-state index contributed by atoms with van der Waals surface area (Å²) < 4.78 is 5.31. The van der Waals surface area contributed by atoms with E-state index in [2.05, 4.69) is 20.3 Å². The Morgan fingerprint density at radius 3 is 2.55 bits per heavy atom. The normalized spacial score (nSPS) is 11.8. The summed E-state index contributed by atoms with van der Waals surface area (Å²) in [6.07, 6.45) is 2.18. The third-order valence-corrected chi connectivity index (χ3v) is 4.37. The lowest BCUT2D eigenvalue weighted by molar-refractivity contribution is -0.123. The van der Waals surface area contributed by atoms with Crippen LogP contribution in [-0.4, -0.2) is 32.9 Å². The molecule has 4 aromatic rings. The first-order valence-corrected chi connectivity index (χ1v) is 9.07. The Bertz CT molecular complexity index is 1160. The van der Waals surface area contributed by atoms with E-state index in [0.717, 1.165) is 16.9 Å². The molecule has 0 aliphatic heterocycles. The lowest BCUT2D eigenvalue weighted by atomic mass is 10.2. The number of esters is 1. The van der Waals surface area contributed by atoms with Crippen LogP contribution in [0.15, 0.2) is 73.1 Å². The number of hydrogen-bond donors (Lipinski definition) is 2. The topological polar surface area (TPSA) is 97.0 Å². The minimum absolute atomic E-state index is 0.337. The zero-order valence-corrected chi connectivity index (χ0v) is 15.6. The van der Waals surface area contributed by atoms with Crippen molar-refractivity contribution >= 4 is 28.6 Å². The number of ether oxygens (including phenoxy) is 1. The van der Waals surface area contributed by atoms with E-state index in [1.54, 1.807) is 42.7 Å². The van der Waals surface area contributed by atoms with Crippen molar-refractivity contribution < 1.29 is 14.3 Å². The third kappa shape index (κ3) is 4.14. The minimum Gasteiger partial charge on any atom is -0.449 e. The highest BCUT2D eigenvalue weighted by atomic mass is 16.5. The summed E-state index contributed by atoms with van der Waals surface area (Å²) in [4.78, 5) is 36.4. The van der Waals surface area contributed by atoms with E-state index < -0.39 is 18.0 Å². The van der Waals surface area contributed by atoms with E-state index >= 15 is 0 Å². The zero-order chi connectivity index (χ0) is 20.2. The van der Waals surface area contributed by atoms with Crippen molar-refractivity contribution in [1.82, 2.24) is 15.0 Å². The van der Waals surface area contributed by atoms with Crippen molar-refractivity contribution in [2.75, 3.05) is 5.32 Å². The highest BCUT2D eigenvalue weighted by Gasteiger charge is 2.19. The fourth-order valence-electron chi connectivity index (χ4n) is 2.83. The molecule has 2 heterocycles. The first kappa shape index (κ1) is 18.4. The maximum absolute atomic E-state index is 12.5. The van der Waals surface area contributed by atoms with Gasteiger partial charge in [0, 0.05) is 23.6 Å². The van der Waals surface area contributed by atoms with Gasteiger partial charge in [0.15, 0.2) is 6.10 Å². The van der Waals surface area contributed by atoms with Crippen molar-refractivity contribution in [2.24, 2.45) is 0 Å². The second-order valence-corrected chi connectivity index (χ2v) is 6.46. The number of nitrogens with one attached hydrogen (secondary N) is 2. The van der Waals surface area contributed by atoms with Gasteiger partial charge in [0.1, 0.15) is 5.82 Å². The predicted molar refractivity (Wildman–Crippen MR) is 109 cm³/mol. The van der Waals surface area contributed by atoms with Gasteiger partial charge in [-0.2, -0.15) is 0 Å². The van der Waals surface area contributed by atoms with Gasteiger partial charge < -0.3 is 15.0 Å². The van der Waals surface area contributed by atoms with Crippen molar-refractivity contribution in [2.45, 2.75) is 13.0 Å². The van der Waals surface area contributed by atoms with Gasteiger partial charge >= 0.3 is 5.97 Å². The highest BCUT2D eigenvalue weighted by Crippen LogP contribution is 2.21. The first-order valence-electron chi connectivity index (χ1n) is 9.07. The van der Waals surface area contributed by atoms with Crippen LogP contribution in [0, 0.1) is 0 Å². The van der Waals surface area contributed by atoms with Gasteiger partial charge in [0.2, 0.25) is 0 Å². The number of aromatic nitrogens is 3. The van der Waals surface area contributed by atoms with Crippen molar-refractivity contribution in [3.8, 4) is 11.4 Å². The number of amides is 1. The number of hydrogen-bond acceptors (Lipinski definition) is 5. The van der Waals surface area contributed by atoms with Gasteiger partial charge in [-0.1, -0.05) is 30.3 Å². The Kier molecular flexibility index (Phi) is 5.03. The number of fused-ring (bicyclic) bond motifs is 1. The van der Waals surface area contributed by atoms with Crippen molar-refractivity contribution in [1.29, 1.82) is 0 Å². The van der Waals surface area contributed by atoms with E-state index in [4.69, 9.17) is 4.74 Å². The molecule has 7 heteroatoms. The molecule has 0 aliphatic rings. The summed E-state index contributed by atoms with van der Waals surface area (Å²) in [6.45, 7) is 1.52.